The van der Waals surface area contributed by atoms with Crippen LogP contribution in [-0.2, 0) is 9.53 Å². The summed E-state index contributed by atoms with van der Waals surface area (Å²) >= 11 is 0. The number of carbonyl (C=O) groups excluding carboxylic acids is 1. The lowest BCUT2D eigenvalue weighted by Gasteiger charge is -2.61. The molecule has 4 fully saturated rings. The Bertz CT molecular complexity index is 773. The first-order chi connectivity index (χ1) is 17.1. The average Bonchev–Trinajstić information content (AvgIpc) is 3.19. The fraction of sp³-hybridized carbons (Fsp3) is 0.909. The molecule has 0 heterocycles. The number of ether oxygens (including phenoxy) is 1. The van der Waals surface area contributed by atoms with Crippen LogP contribution in [0.3, 0.4) is 0 Å². The van der Waals surface area contributed by atoms with Gasteiger partial charge in [-0.1, -0.05) is 60.5 Å². The van der Waals surface area contributed by atoms with Crippen LogP contribution in [0.5, 0.6) is 0 Å². The van der Waals surface area contributed by atoms with E-state index in [4.69, 9.17) is 9.84 Å². The van der Waals surface area contributed by atoms with Crippen molar-refractivity contribution in [3.63, 3.8) is 0 Å². The van der Waals surface area contributed by atoms with Gasteiger partial charge in [0.05, 0.1) is 0 Å². The second-order valence-corrected chi connectivity index (χ2v) is 14.4. The number of aliphatic hydroxyl groups excluding tert-OH is 1. The number of aliphatic hydroxyl groups is 1. The summed E-state index contributed by atoms with van der Waals surface area (Å²) < 4.78 is 5.93. The zero-order valence-corrected chi connectivity index (χ0v) is 24.2. The van der Waals surface area contributed by atoms with Crippen molar-refractivity contribution in [2.75, 3.05) is 6.61 Å². The molecule has 0 amide bonds. The van der Waals surface area contributed by atoms with Crippen LogP contribution in [0.15, 0.2) is 12.2 Å². The second-order valence-electron chi connectivity index (χ2n) is 14.4. The van der Waals surface area contributed by atoms with Crippen molar-refractivity contribution in [2.45, 2.75) is 131 Å². The van der Waals surface area contributed by atoms with Crippen LogP contribution >= 0.6 is 0 Å². The largest absolute Gasteiger partial charge is 0.459 e. The van der Waals surface area contributed by atoms with Crippen molar-refractivity contribution in [2.24, 2.45) is 52.3 Å². The Labute approximate surface area is 222 Å². The minimum Gasteiger partial charge on any atom is -0.459 e. The Hall–Kier alpha value is -0.830. The maximum absolute atomic E-state index is 12.5. The first-order valence-electron chi connectivity index (χ1n) is 15.6. The molecule has 1 unspecified atom stereocenters. The quantitative estimate of drug-likeness (QED) is 0.242. The summed E-state index contributed by atoms with van der Waals surface area (Å²) in [6.07, 6.45) is 17.1. The van der Waals surface area contributed by atoms with Gasteiger partial charge in [-0.25, -0.2) is 4.79 Å². The van der Waals surface area contributed by atoms with Crippen LogP contribution < -0.4 is 0 Å². The smallest absolute Gasteiger partial charge is 0.333 e. The van der Waals surface area contributed by atoms with E-state index in [1.54, 1.807) is 0 Å². The molecule has 4 aliphatic rings. The molecular weight excluding hydrogens is 444 g/mol. The molecule has 3 heteroatoms. The Morgan fingerprint density at radius 3 is 2.39 bits per heavy atom. The molecule has 36 heavy (non-hydrogen) atoms. The van der Waals surface area contributed by atoms with E-state index in [0.29, 0.717) is 35.2 Å². The standard InChI is InChI=1S/C33H56O3/c1-22(2)9-7-10-23(3)28-14-15-29-27-13-12-25-21-26(36-31(35)24(4)11-8-20-34)16-18-32(25,5)30(27)17-19-33(28,29)6/h22-23,25-30,34H,4,7-21H2,1-3,5-6H3/t23-,25+,26+,27+,28?,29+,30+,32+,33-/m1/s1. The third-order valence-corrected chi connectivity index (χ3v) is 12.0. The predicted octanol–water partition coefficient (Wildman–Crippen LogP) is 8.35. The zero-order chi connectivity index (χ0) is 26.1. The van der Waals surface area contributed by atoms with E-state index in [-0.39, 0.29) is 18.7 Å². The van der Waals surface area contributed by atoms with E-state index in [2.05, 4.69) is 41.2 Å². The molecule has 0 aromatic heterocycles. The highest BCUT2D eigenvalue weighted by atomic mass is 16.5. The highest BCUT2D eigenvalue weighted by molar-refractivity contribution is 5.87. The average molecular weight is 501 g/mol. The Morgan fingerprint density at radius 2 is 1.67 bits per heavy atom. The molecule has 0 saturated heterocycles. The van der Waals surface area contributed by atoms with E-state index < -0.39 is 0 Å². The van der Waals surface area contributed by atoms with E-state index >= 15 is 0 Å². The number of hydrogen-bond donors (Lipinski definition) is 1. The van der Waals surface area contributed by atoms with Crippen LogP contribution in [0.25, 0.3) is 0 Å². The van der Waals surface area contributed by atoms with Gasteiger partial charge in [-0.05, 0) is 123 Å². The first kappa shape index (κ1) is 28.2. The Morgan fingerprint density at radius 1 is 0.944 bits per heavy atom. The molecule has 0 bridgehead atoms. The number of carbonyl (C=O) groups is 1. The van der Waals surface area contributed by atoms with E-state index in [0.717, 1.165) is 48.3 Å². The third-order valence-electron chi connectivity index (χ3n) is 12.0. The Balaban J connectivity index is 1.37. The molecule has 0 spiro atoms. The fourth-order valence-electron chi connectivity index (χ4n) is 9.98. The van der Waals surface area contributed by atoms with Gasteiger partial charge in [0.2, 0.25) is 0 Å². The van der Waals surface area contributed by atoms with Gasteiger partial charge < -0.3 is 9.84 Å². The Kier molecular flexibility index (Phi) is 9.01. The van der Waals surface area contributed by atoms with Crippen LogP contribution in [0.1, 0.15) is 125 Å². The summed E-state index contributed by atoms with van der Waals surface area (Å²) in [6, 6.07) is 0. The number of esters is 1. The minimum atomic E-state index is -0.237. The van der Waals surface area contributed by atoms with E-state index in [9.17, 15) is 4.79 Å². The number of hydrogen-bond acceptors (Lipinski definition) is 3. The van der Waals surface area contributed by atoms with Gasteiger partial charge in [0, 0.05) is 12.2 Å². The van der Waals surface area contributed by atoms with Gasteiger partial charge >= 0.3 is 5.97 Å². The molecule has 4 rings (SSSR count). The summed E-state index contributed by atoms with van der Waals surface area (Å²) in [5.74, 6) is 5.78. The van der Waals surface area contributed by atoms with Crippen LogP contribution in [0.4, 0.5) is 0 Å². The summed E-state index contributed by atoms with van der Waals surface area (Å²) in [5.41, 5.74) is 1.49. The van der Waals surface area contributed by atoms with Gasteiger partial charge in [0.25, 0.3) is 0 Å². The van der Waals surface area contributed by atoms with Crippen molar-refractivity contribution in [1.82, 2.24) is 0 Å². The minimum absolute atomic E-state index is 0.0504. The lowest BCUT2D eigenvalue weighted by molar-refractivity contribution is -0.159. The van der Waals surface area contributed by atoms with E-state index in [1.165, 1.54) is 64.2 Å². The molecule has 9 atom stereocenters. The summed E-state index contributed by atoms with van der Waals surface area (Å²) in [6.45, 7) is 16.6. The highest BCUT2D eigenvalue weighted by Gasteiger charge is 2.60. The molecule has 0 aliphatic heterocycles. The molecule has 206 valence electrons. The summed E-state index contributed by atoms with van der Waals surface area (Å²) in [4.78, 5) is 12.5. The van der Waals surface area contributed by atoms with Crippen LogP contribution in [0.2, 0.25) is 0 Å². The first-order valence-corrected chi connectivity index (χ1v) is 15.6. The molecule has 3 nitrogen and oxygen atoms in total. The van der Waals surface area contributed by atoms with Crippen molar-refractivity contribution in [3.8, 4) is 0 Å². The zero-order valence-electron chi connectivity index (χ0n) is 24.2. The lowest BCUT2D eigenvalue weighted by Crippen LogP contribution is -2.54. The van der Waals surface area contributed by atoms with Gasteiger partial charge in [-0.2, -0.15) is 0 Å². The normalized spacial score (nSPS) is 40.8. The van der Waals surface area contributed by atoms with Gasteiger partial charge in [-0.15, -0.1) is 0 Å². The van der Waals surface area contributed by atoms with Gasteiger partial charge in [0.15, 0.2) is 0 Å². The van der Waals surface area contributed by atoms with Crippen molar-refractivity contribution < 1.29 is 14.6 Å². The fourth-order valence-corrected chi connectivity index (χ4v) is 9.98. The third kappa shape index (κ3) is 5.48. The van der Waals surface area contributed by atoms with Crippen LogP contribution in [-0.4, -0.2) is 23.8 Å². The van der Waals surface area contributed by atoms with Crippen LogP contribution in [0, 0.1) is 52.3 Å². The molecule has 0 radical (unpaired) electrons. The monoisotopic (exact) mass is 500 g/mol. The van der Waals surface area contributed by atoms with Crippen molar-refractivity contribution in [1.29, 1.82) is 0 Å². The van der Waals surface area contributed by atoms with Gasteiger partial charge in [0.1, 0.15) is 6.10 Å². The topological polar surface area (TPSA) is 46.5 Å². The summed E-state index contributed by atoms with van der Waals surface area (Å²) in [5, 5.41) is 9.04. The maximum Gasteiger partial charge on any atom is 0.333 e. The SMILES string of the molecule is C=C(CCCO)C(=O)O[C@H]1CC[C@@]2(C)[C@@H](CC[C@@H]3[C@@H]2CC[C@]2(C)C([C@H](C)CCCC(C)C)CC[C@@H]32)C1. The number of fused-ring (bicyclic) bond motifs is 5. The summed E-state index contributed by atoms with van der Waals surface area (Å²) in [7, 11) is 0. The highest BCUT2D eigenvalue weighted by Crippen LogP contribution is 2.68. The molecular formula is C33H56O3. The predicted molar refractivity (Wildman–Crippen MR) is 148 cm³/mol. The molecule has 1 N–H and O–H groups in total. The molecule has 0 aromatic rings. The lowest BCUT2D eigenvalue weighted by atomic mass is 9.44. The van der Waals surface area contributed by atoms with Crippen molar-refractivity contribution in [3.05, 3.63) is 12.2 Å². The maximum atomic E-state index is 12.5. The molecule has 4 aliphatic carbocycles. The second kappa shape index (κ2) is 11.5. The number of rotatable bonds is 10. The molecule has 4 saturated carbocycles. The van der Waals surface area contributed by atoms with Gasteiger partial charge in [-0.3, -0.25) is 0 Å². The molecule has 0 aromatic carbocycles. The van der Waals surface area contributed by atoms with E-state index in [1.807, 2.05) is 0 Å². The van der Waals surface area contributed by atoms with Crippen molar-refractivity contribution >= 4 is 5.97 Å².